The zero-order valence-electron chi connectivity index (χ0n) is 11.6. The maximum absolute atomic E-state index is 5.49. The second-order valence-electron chi connectivity index (χ2n) is 5.83. The maximum atomic E-state index is 5.49. The average Bonchev–Trinajstić information content (AvgIpc) is 2.87. The van der Waals surface area contributed by atoms with Gasteiger partial charge in [0.15, 0.2) is 0 Å². The van der Waals surface area contributed by atoms with Gasteiger partial charge >= 0.3 is 0 Å². The second-order valence-corrected chi connectivity index (χ2v) is 5.83. The van der Waals surface area contributed by atoms with E-state index in [1.54, 1.807) is 0 Å². The summed E-state index contributed by atoms with van der Waals surface area (Å²) >= 11 is 0. The van der Waals surface area contributed by atoms with Crippen LogP contribution < -0.4 is 5.32 Å². The molecule has 2 aliphatic heterocycles. The molecule has 3 heterocycles. The highest BCUT2D eigenvalue weighted by molar-refractivity contribution is 4.93. The summed E-state index contributed by atoms with van der Waals surface area (Å²) in [4.78, 5) is 2.51. The largest absolute Gasteiger partial charge is 0.384 e. The Morgan fingerprint density at radius 3 is 3.00 bits per heavy atom. The lowest BCUT2D eigenvalue weighted by Crippen LogP contribution is -2.48. The number of rotatable bonds is 4. The van der Waals surface area contributed by atoms with Crippen LogP contribution in [0.5, 0.6) is 0 Å². The van der Waals surface area contributed by atoms with Crippen LogP contribution in [-0.4, -0.2) is 59.6 Å². The smallest absolute Gasteiger partial charge is 0.147 e. The molecule has 0 saturated carbocycles. The monoisotopic (exact) mass is 265 g/mol. The van der Waals surface area contributed by atoms with Crippen LogP contribution in [0.25, 0.3) is 0 Å². The summed E-state index contributed by atoms with van der Waals surface area (Å²) in [6.45, 7) is 7.18. The van der Waals surface area contributed by atoms with Crippen molar-refractivity contribution in [1.29, 1.82) is 0 Å². The molecule has 0 radical (unpaired) electrons. The van der Waals surface area contributed by atoms with Gasteiger partial charge in [-0.3, -0.25) is 4.90 Å². The Hall–Kier alpha value is -0.980. The molecule has 0 aliphatic carbocycles. The minimum absolute atomic E-state index is 0.308. The van der Waals surface area contributed by atoms with E-state index < -0.39 is 0 Å². The molecule has 6 nitrogen and oxygen atoms in total. The molecule has 0 spiro atoms. The highest BCUT2D eigenvalue weighted by Gasteiger charge is 2.35. The molecule has 6 heteroatoms. The van der Waals surface area contributed by atoms with Crippen molar-refractivity contribution in [1.82, 2.24) is 25.0 Å². The van der Waals surface area contributed by atoms with Crippen molar-refractivity contribution in [2.24, 2.45) is 5.41 Å². The average molecular weight is 265 g/mol. The van der Waals surface area contributed by atoms with Crippen LogP contribution in [0.2, 0.25) is 0 Å². The number of hydrogen-bond donors (Lipinski definition) is 1. The first kappa shape index (κ1) is 13.0. The van der Waals surface area contributed by atoms with Crippen molar-refractivity contribution >= 4 is 0 Å². The highest BCUT2D eigenvalue weighted by atomic mass is 16.5. The lowest BCUT2D eigenvalue weighted by atomic mass is 9.79. The van der Waals surface area contributed by atoms with E-state index in [2.05, 4.69) is 25.0 Å². The van der Waals surface area contributed by atoms with Gasteiger partial charge in [0, 0.05) is 32.2 Å². The van der Waals surface area contributed by atoms with E-state index in [-0.39, 0.29) is 0 Å². The molecule has 19 heavy (non-hydrogen) atoms. The summed E-state index contributed by atoms with van der Waals surface area (Å²) in [6, 6.07) is 0. The Morgan fingerprint density at radius 2 is 2.21 bits per heavy atom. The standard InChI is InChI=1S/C13H23N5O/c1-19-10-13(2-4-14-5-3-13)9-17-6-7-18-11-15-16-12(18)8-17/h11,14H,2-10H2,1H3. The minimum Gasteiger partial charge on any atom is -0.384 e. The number of methoxy groups -OCH3 is 1. The lowest BCUT2D eigenvalue weighted by Gasteiger charge is -2.41. The molecule has 1 aromatic rings. The zero-order valence-corrected chi connectivity index (χ0v) is 11.6. The number of nitrogens with one attached hydrogen (secondary N) is 1. The third-order valence-corrected chi connectivity index (χ3v) is 4.39. The first-order valence-electron chi connectivity index (χ1n) is 7.10. The van der Waals surface area contributed by atoms with Crippen LogP contribution >= 0.6 is 0 Å². The predicted molar refractivity (Wildman–Crippen MR) is 71.7 cm³/mol. The van der Waals surface area contributed by atoms with Gasteiger partial charge in [0.25, 0.3) is 0 Å². The molecule has 106 valence electrons. The number of piperidine rings is 1. The van der Waals surface area contributed by atoms with Crippen LogP contribution in [-0.2, 0) is 17.8 Å². The molecular formula is C13H23N5O. The van der Waals surface area contributed by atoms with Gasteiger partial charge in [0.05, 0.1) is 13.2 Å². The number of hydrogen-bond acceptors (Lipinski definition) is 5. The van der Waals surface area contributed by atoms with Crippen LogP contribution in [0, 0.1) is 5.41 Å². The van der Waals surface area contributed by atoms with Crippen molar-refractivity contribution in [3.05, 3.63) is 12.2 Å². The van der Waals surface area contributed by atoms with Gasteiger partial charge in [-0.15, -0.1) is 10.2 Å². The fourth-order valence-electron chi connectivity index (χ4n) is 3.34. The van der Waals surface area contributed by atoms with Crippen molar-refractivity contribution in [3.63, 3.8) is 0 Å². The van der Waals surface area contributed by atoms with E-state index in [4.69, 9.17) is 4.74 Å². The van der Waals surface area contributed by atoms with Crippen LogP contribution in [0.1, 0.15) is 18.7 Å². The van der Waals surface area contributed by atoms with Gasteiger partial charge in [-0.2, -0.15) is 0 Å². The van der Waals surface area contributed by atoms with E-state index in [1.807, 2.05) is 13.4 Å². The lowest BCUT2D eigenvalue weighted by molar-refractivity contribution is 0.0151. The molecule has 1 fully saturated rings. The summed E-state index contributed by atoms with van der Waals surface area (Å²) in [5.74, 6) is 1.09. The maximum Gasteiger partial charge on any atom is 0.147 e. The van der Waals surface area contributed by atoms with Gasteiger partial charge in [-0.25, -0.2) is 0 Å². The molecule has 0 aromatic carbocycles. The molecule has 0 bridgehead atoms. The quantitative estimate of drug-likeness (QED) is 0.837. The van der Waals surface area contributed by atoms with E-state index in [0.717, 1.165) is 51.7 Å². The zero-order chi connectivity index (χ0) is 13.1. The Morgan fingerprint density at radius 1 is 1.37 bits per heavy atom. The molecule has 1 N–H and O–H groups in total. The SMILES string of the molecule is COCC1(CN2CCn3cnnc3C2)CCNCC1. The third kappa shape index (κ3) is 2.80. The fourth-order valence-corrected chi connectivity index (χ4v) is 3.34. The van der Waals surface area contributed by atoms with Crippen molar-refractivity contribution in [3.8, 4) is 0 Å². The van der Waals surface area contributed by atoms with Gasteiger partial charge in [0.2, 0.25) is 0 Å². The summed E-state index contributed by atoms with van der Waals surface area (Å²) in [6.07, 6.45) is 4.23. The summed E-state index contributed by atoms with van der Waals surface area (Å²) < 4.78 is 7.65. The van der Waals surface area contributed by atoms with E-state index in [0.29, 0.717) is 5.41 Å². The number of nitrogens with zero attached hydrogens (tertiary/aromatic N) is 4. The van der Waals surface area contributed by atoms with Crippen LogP contribution in [0.15, 0.2) is 6.33 Å². The second kappa shape index (κ2) is 5.56. The van der Waals surface area contributed by atoms with E-state index in [1.165, 1.54) is 12.8 Å². The summed E-state index contributed by atoms with van der Waals surface area (Å²) in [7, 11) is 1.82. The summed E-state index contributed by atoms with van der Waals surface area (Å²) in [5.41, 5.74) is 0.308. The molecule has 2 aliphatic rings. The van der Waals surface area contributed by atoms with E-state index in [9.17, 15) is 0 Å². The van der Waals surface area contributed by atoms with Crippen molar-refractivity contribution in [2.75, 3.05) is 39.9 Å². The molecule has 1 saturated heterocycles. The number of ether oxygens (including phenoxy) is 1. The van der Waals surface area contributed by atoms with Gasteiger partial charge in [-0.1, -0.05) is 0 Å². The van der Waals surface area contributed by atoms with Crippen molar-refractivity contribution in [2.45, 2.75) is 25.9 Å². The fraction of sp³-hybridized carbons (Fsp3) is 0.846. The first-order valence-corrected chi connectivity index (χ1v) is 7.10. The molecule has 0 amide bonds. The predicted octanol–water partition coefficient (Wildman–Crippen LogP) is 0.110. The van der Waals surface area contributed by atoms with Crippen molar-refractivity contribution < 1.29 is 4.74 Å². The topological polar surface area (TPSA) is 55.2 Å². The van der Waals surface area contributed by atoms with Crippen LogP contribution in [0.4, 0.5) is 0 Å². The van der Waals surface area contributed by atoms with E-state index >= 15 is 0 Å². The Balaban J connectivity index is 1.66. The van der Waals surface area contributed by atoms with Crippen LogP contribution in [0.3, 0.4) is 0 Å². The normalized spacial score (nSPS) is 23.2. The first-order chi connectivity index (χ1) is 9.31. The molecule has 0 unspecified atom stereocenters. The molecule has 0 atom stereocenters. The van der Waals surface area contributed by atoms with Gasteiger partial charge in [-0.05, 0) is 25.9 Å². The Bertz CT molecular complexity index is 407. The molecule has 1 aromatic heterocycles. The molecular weight excluding hydrogens is 242 g/mol. The third-order valence-electron chi connectivity index (χ3n) is 4.39. The Labute approximate surface area is 114 Å². The molecule has 3 rings (SSSR count). The Kier molecular flexibility index (Phi) is 3.81. The number of aromatic nitrogens is 3. The van der Waals surface area contributed by atoms with Gasteiger partial charge < -0.3 is 14.6 Å². The summed E-state index contributed by atoms with van der Waals surface area (Å²) in [5, 5.41) is 11.6. The highest BCUT2D eigenvalue weighted by Crippen LogP contribution is 2.31. The van der Waals surface area contributed by atoms with Gasteiger partial charge in [0.1, 0.15) is 12.2 Å². The minimum atomic E-state index is 0.308. The number of fused-ring (bicyclic) bond motifs is 1.